The number of hydrogen-bond acceptors (Lipinski definition) is 4. The fourth-order valence-corrected chi connectivity index (χ4v) is 2.14. The van der Waals surface area contributed by atoms with Gasteiger partial charge in [-0.25, -0.2) is 9.59 Å². The van der Waals surface area contributed by atoms with Crippen molar-refractivity contribution >= 4 is 12.0 Å². The van der Waals surface area contributed by atoms with Crippen molar-refractivity contribution in [2.75, 3.05) is 13.2 Å². The molecule has 0 spiro atoms. The largest absolute Gasteiger partial charge is 0.479 e. The van der Waals surface area contributed by atoms with E-state index in [0.29, 0.717) is 13.2 Å². The van der Waals surface area contributed by atoms with Gasteiger partial charge in [0, 0.05) is 38.4 Å². The van der Waals surface area contributed by atoms with Gasteiger partial charge in [0.1, 0.15) is 0 Å². The monoisotopic (exact) mass is 282 g/mol. The SMILES string of the molecule is Cc1nn(C)cc1CNC(=O)NC1(C(=O)O)CCOC1. The van der Waals surface area contributed by atoms with Crippen LogP contribution < -0.4 is 10.6 Å². The Kier molecular flexibility index (Phi) is 3.93. The van der Waals surface area contributed by atoms with Crippen LogP contribution in [0.5, 0.6) is 0 Å². The van der Waals surface area contributed by atoms with E-state index in [1.165, 1.54) is 0 Å². The van der Waals surface area contributed by atoms with E-state index in [0.717, 1.165) is 11.3 Å². The fourth-order valence-electron chi connectivity index (χ4n) is 2.14. The highest BCUT2D eigenvalue weighted by Gasteiger charge is 2.43. The molecule has 2 heterocycles. The molecule has 1 atom stereocenters. The molecule has 1 unspecified atom stereocenters. The van der Waals surface area contributed by atoms with Crippen LogP contribution in [0.15, 0.2) is 6.20 Å². The van der Waals surface area contributed by atoms with Gasteiger partial charge >= 0.3 is 12.0 Å². The fraction of sp³-hybridized carbons (Fsp3) is 0.583. The third-order valence-electron chi connectivity index (χ3n) is 3.34. The number of aryl methyl sites for hydroxylation is 2. The number of carbonyl (C=O) groups excluding carboxylic acids is 1. The van der Waals surface area contributed by atoms with Crippen molar-refractivity contribution in [1.82, 2.24) is 20.4 Å². The van der Waals surface area contributed by atoms with Crippen LogP contribution in [-0.2, 0) is 23.1 Å². The quantitative estimate of drug-likeness (QED) is 0.707. The van der Waals surface area contributed by atoms with Gasteiger partial charge in [0.2, 0.25) is 0 Å². The van der Waals surface area contributed by atoms with Crippen molar-refractivity contribution in [3.63, 3.8) is 0 Å². The van der Waals surface area contributed by atoms with Crippen LogP contribution in [0.25, 0.3) is 0 Å². The first-order valence-electron chi connectivity index (χ1n) is 6.29. The van der Waals surface area contributed by atoms with Crippen molar-refractivity contribution in [2.45, 2.75) is 25.4 Å². The first-order valence-corrected chi connectivity index (χ1v) is 6.29. The molecule has 8 heteroatoms. The van der Waals surface area contributed by atoms with Crippen molar-refractivity contribution in [1.29, 1.82) is 0 Å². The molecule has 1 fully saturated rings. The molecule has 0 aliphatic carbocycles. The zero-order valence-electron chi connectivity index (χ0n) is 11.5. The van der Waals surface area contributed by atoms with Gasteiger partial charge in [-0.1, -0.05) is 0 Å². The van der Waals surface area contributed by atoms with Gasteiger partial charge in [-0.05, 0) is 6.92 Å². The molecule has 1 saturated heterocycles. The number of aliphatic carboxylic acids is 1. The normalized spacial score (nSPS) is 21.7. The molecule has 3 N–H and O–H groups in total. The van der Waals surface area contributed by atoms with Gasteiger partial charge in [-0.2, -0.15) is 5.10 Å². The molecule has 0 radical (unpaired) electrons. The molecule has 20 heavy (non-hydrogen) atoms. The number of carboxylic acid groups (broad SMARTS) is 1. The Morgan fingerprint density at radius 3 is 2.85 bits per heavy atom. The molecule has 8 nitrogen and oxygen atoms in total. The number of aromatic nitrogens is 2. The van der Waals surface area contributed by atoms with E-state index in [2.05, 4.69) is 15.7 Å². The van der Waals surface area contributed by atoms with Crippen LogP contribution in [0.4, 0.5) is 4.79 Å². The summed E-state index contributed by atoms with van der Waals surface area (Å²) in [6.07, 6.45) is 2.07. The van der Waals surface area contributed by atoms with E-state index >= 15 is 0 Å². The first kappa shape index (κ1) is 14.3. The van der Waals surface area contributed by atoms with Gasteiger partial charge in [0.25, 0.3) is 0 Å². The van der Waals surface area contributed by atoms with E-state index in [9.17, 15) is 14.7 Å². The second-order valence-electron chi connectivity index (χ2n) is 4.91. The molecule has 1 aliphatic rings. The summed E-state index contributed by atoms with van der Waals surface area (Å²) in [5.41, 5.74) is 0.383. The molecular formula is C12H18N4O4. The zero-order valence-corrected chi connectivity index (χ0v) is 11.5. The Labute approximate surface area is 116 Å². The molecule has 1 aromatic rings. The minimum Gasteiger partial charge on any atom is -0.479 e. The van der Waals surface area contributed by atoms with Crippen molar-refractivity contribution in [3.05, 3.63) is 17.5 Å². The second-order valence-corrected chi connectivity index (χ2v) is 4.91. The summed E-state index contributed by atoms with van der Waals surface area (Å²) in [4.78, 5) is 23.1. The third-order valence-corrected chi connectivity index (χ3v) is 3.34. The average molecular weight is 282 g/mol. The highest BCUT2D eigenvalue weighted by atomic mass is 16.5. The second kappa shape index (κ2) is 5.49. The summed E-state index contributed by atoms with van der Waals surface area (Å²) >= 11 is 0. The van der Waals surface area contributed by atoms with Crippen LogP contribution in [0.1, 0.15) is 17.7 Å². The van der Waals surface area contributed by atoms with Gasteiger partial charge in [-0.3, -0.25) is 4.68 Å². The average Bonchev–Trinajstić information content (AvgIpc) is 2.95. The number of rotatable bonds is 4. The molecule has 1 aliphatic heterocycles. The minimum absolute atomic E-state index is 0.0122. The molecule has 0 saturated carbocycles. The number of carboxylic acids is 1. The van der Waals surface area contributed by atoms with Crippen LogP contribution in [0, 0.1) is 6.92 Å². The lowest BCUT2D eigenvalue weighted by molar-refractivity contribution is -0.144. The number of ether oxygens (including phenoxy) is 1. The van der Waals surface area contributed by atoms with E-state index < -0.39 is 17.5 Å². The van der Waals surface area contributed by atoms with Crippen LogP contribution >= 0.6 is 0 Å². The van der Waals surface area contributed by atoms with Crippen LogP contribution in [0.3, 0.4) is 0 Å². The van der Waals surface area contributed by atoms with Crippen molar-refractivity contribution in [3.8, 4) is 0 Å². The smallest absolute Gasteiger partial charge is 0.332 e. The molecule has 2 amide bonds. The lowest BCUT2D eigenvalue weighted by Crippen LogP contribution is -2.57. The van der Waals surface area contributed by atoms with Gasteiger partial charge in [-0.15, -0.1) is 0 Å². The molecule has 2 rings (SSSR count). The summed E-state index contributed by atoms with van der Waals surface area (Å²) in [5, 5.41) is 18.5. The van der Waals surface area contributed by atoms with Gasteiger partial charge in [0.15, 0.2) is 5.54 Å². The minimum atomic E-state index is -1.33. The predicted molar refractivity (Wildman–Crippen MR) is 69.1 cm³/mol. The highest BCUT2D eigenvalue weighted by molar-refractivity contribution is 5.86. The van der Waals surface area contributed by atoms with Gasteiger partial charge < -0.3 is 20.5 Å². The Hall–Kier alpha value is -2.09. The number of hydrogen-bond donors (Lipinski definition) is 3. The Morgan fingerprint density at radius 1 is 1.60 bits per heavy atom. The molecule has 1 aromatic heterocycles. The van der Waals surface area contributed by atoms with Crippen LogP contribution in [0.2, 0.25) is 0 Å². The van der Waals surface area contributed by atoms with Crippen LogP contribution in [-0.4, -0.2) is 45.6 Å². The van der Waals surface area contributed by atoms with E-state index in [4.69, 9.17) is 4.74 Å². The number of urea groups is 1. The topological polar surface area (TPSA) is 105 Å². The molecule has 110 valence electrons. The Bertz CT molecular complexity index is 520. The lowest BCUT2D eigenvalue weighted by atomic mass is 9.99. The zero-order chi connectivity index (χ0) is 14.8. The molecule has 0 aromatic carbocycles. The summed E-state index contributed by atoms with van der Waals surface area (Å²) in [7, 11) is 1.80. The summed E-state index contributed by atoms with van der Waals surface area (Å²) in [5.74, 6) is -1.08. The number of amides is 2. The van der Waals surface area contributed by atoms with Gasteiger partial charge in [0.05, 0.1) is 12.3 Å². The number of nitrogens with one attached hydrogen (secondary N) is 2. The molecular weight excluding hydrogens is 264 g/mol. The molecule has 0 bridgehead atoms. The first-order chi connectivity index (χ1) is 9.43. The Morgan fingerprint density at radius 2 is 2.35 bits per heavy atom. The highest BCUT2D eigenvalue weighted by Crippen LogP contribution is 2.18. The Balaban J connectivity index is 1.92. The summed E-state index contributed by atoms with van der Waals surface area (Å²) in [6.45, 7) is 2.45. The lowest BCUT2D eigenvalue weighted by Gasteiger charge is -2.23. The number of carbonyl (C=O) groups is 2. The maximum atomic E-state index is 11.8. The van der Waals surface area contributed by atoms with E-state index in [-0.39, 0.29) is 13.0 Å². The summed E-state index contributed by atoms with van der Waals surface area (Å²) < 4.78 is 6.73. The third kappa shape index (κ3) is 2.90. The van der Waals surface area contributed by atoms with E-state index in [1.54, 1.807) is 17.9 Å². The maximum Gasteiger partial charge on any atom is 0.332 e. The predicted octanol–water partition coefficient (Wildman–Crippen LogP) is -0.229. The summed E-state index contributed by atoms with van der Waals surface area (Å²) in [6, 6.07) is -0.527. The van der Waals surface area contributed by atoms with Crippen molar-refractivity contribution in [2.24, 2.45) is 7.05 Å². The van der Waals surface area contributed by atoms with Crippen molar-refractivity contribution < 1.29 is 19.4 Å². The number of nitrogens with zero attached hydrogens (tertiary/aromatic N) is 2. The standard InChI is InChI=1S/C12H18N4O4/c1-8-9(6-16(2)15-8)5-13-11(19)14-12(10(17)18)3-4-20-7-12/h6H,3-5,7H2,1-2H3,(H,17,18)(H2,13,14,19). The van der Waals surface area contributed by atoms with E-state index in [1.807, 2.05) is 6.92 Å². The maximum absolute atomic E-state index is 11.8.